The molecule has 0 saturated carbocycles. The van der Waals surface area contributed by atoms with E-state index in [1.54, 1.807) is 5.89 Å². The summed E-state index contributed by atoms with van der Waals surface area (Å²) in [4.78, 5) is -3.18. The number of rotatable bonds is 2. The summed E-state index contributed by atoms with van der Waals surface area (Å²) in [5.74, 6) is 0. The van der Waals surface area contributed by atoms with Crippen LogP contribution in [0.1, 0.15) is 0 Å². The Balaban J connectivity index is 5.36. The van der Waals surface area contributed by atoms with Crippen LogP contribution in [-0.2, 0) is 3.10 Å². The molecular formula is CBrF10O2Te2+. The SMILES string of the molecule is F[Te](F)(F)(F)(F)OC(Br)=[O+][Te](F)(F)(F)(F)F. The maximum atomic E-state index is 11.4. The summed E-state index contributed by atoms with van der Waals surface area (Å²) in [5.41, 5.74) is 0. The van der Waals surface area contributed by atoms with E-state index in [1.165, 1.54) is 0 Å². The van der Waals surface area contributed by atoms with E-state index in [1.807, 2.05) is 0 Å². The molecule has 0 atom stereocenters. The van der Waals surface area contributed by atoms with Crippen molar-refractivity contribution in [3.8, 4) is 0 Å². The number of halogens is 11. The van der Waals surface area contributed by atoms with E-state index in [2.05, 4.69) is 0 Å². The molecule has 16 heavy (non-hydrogen) atoms. The quantitative estimate of drug-likeness (QED) is 0.209. The van der Waals surface area contributed by atoms with E-state index in [9.17, 15) is 28.9 Å². The van der Waals surface area contributed by atoms with Crippen molar-refractivity contribution < 1.29 is 34.8 Å². The Bertz CT molecular complexity index is 343. The van der Waals surface area contributed by atoms with Crippen LogP contribution in [0.15, 0.2) is 0 Å². The summed E-state index contributed by atoms with van der Waals surface area (Å²) in [6, 6.07) is 0. The molecule has 0 fully saturated rings. The van der Waals surface area contributed by atoms with Crippen LogP contribution in [0.2, 0.25) is 0 Å². The van der Waals surface area contributed by atoms with Gasteiger partial charge in [-0.2, -0.15) is 0 Å². The number of carbonyl (C=O) groups excluding carboxylic acids is 1. The third-order valence-corrected chi connectivity index (χ3v) is 4.77. The first kappa shape index (κ1) is 16.8. The van der Waals surface area contributed by atoms with E-state index in [-0.39, 0.29) is 0 Å². The monoisotopic (exact) mass is 573 g/mol. The molecule has 0 N–H and O–H groups in total. The van der Waals surface area contributed by atoms with E-state index >= 15 is 0 Å². The minimum atomic E-state index is -11.6. The molecular weight excluding hydrogens is 569 g/mol. The van der Waals surface area contributed by atoms with E-state index < -0.39 is 42.3 Å². The van der Waals surface area contributed by atoms with Crippen molar-refractivity contribution in [3.63, 3.8) is 0 Å². The summed E-state index contributed by atoms with van der Waals surface area (Å²) in [6.45, 7) is 0. The molecule has 0 aliphatic heterocycles. The topological polar surface area (TPSA) is 20.5 Å². The van der Waals surface area contributed by atoms with Gasteiger partial charge in [-0.3, -0.25) is 0 Å². The molecule has 2 nitrogen and oxygen atoms in total. The molecule has 0 aliphatic rings. The first-order valence-electron chi connectivity index (χ1n) is 2.47. The molecule has 0 aromatic rings. The van der Waals surface area contributed by atoms with Gasteiger partial charge in [0.05, 0.1) is 0 Å². The molecule has 0 amide bonds. The Labute approximate surface area is 92.5 Å². The van der Waals surface area contributed by atoms with Crippen LogP contribution in [0, 0.1) is 0 Å². The molecule has 0 radical (unpaired) electrons. The molecule has 15 heteroatoms. The molecule has 0 rings (SSSR count). The Morgan fingerprint density at radius 1 is 0.812 bits per heavy atom. The van der Waals surface area contributed by atoms with Crippen molar-refractivity contribution in [2.24, 2.45) is 0 Å². The molecule has 0 spiro atoms. The van der Waals surface area contributed by atoms with Crippen LogP contribution in [0.3, 0.4) is 0 Å². The molecule has 0 bridgehead atoms. The standard InChI is InChI=1S/CBrF10O2Te2/c2-1(13-15(3,4,5,6)7)14-16(8,9,10,11)12/q+1. The summed E-state index contributed by atoms with van der Waals surface area (Å²) >= 11 is -22.2. The van der Waals surface area contributed by atoms with E-state index in [0.29, 0.717) is 0 Å². The molecule has 0 saturated heterocycles. The second-order valence-corrected chi connectivity index (χ2v) is 14.1. The molecule has 0 heterocycles. The van der Waals surface area contributed by atoms with Gasteiger partial charge in [0.2, 0.25) is 0 Å². The summed E-state index contributed by atoms with van der Waals surface area (Å²) in [5, 5.41) is 0. The normalized spacial score (nSPS) is 23.8. The fourth-order valence-corrected chi connectivity index (χ4v) is 5.64. The van der Waals surface area contributed by atoms with Gasteiger partial charge in [-0.25, -0.2) is 0 Å². The van der Waals surface area contributed by atoms with Crippen molar-refractivity contribution in [3.05, 3.63) is 0 Å². The van der Waals surface area contributed by atoms with Crippen LogP contribution in [0.25, 0.3) is 0 Å². The van der Waals surface area contributed by atoms with E-state index in [4.69, 9.17) is 0 Å². The zero-order valence-electron chi connectivity index (χ0n) is 6.29. The third kappa shape index (κ3) is 12.9. The van der Waals surface area contributed by atoms with Gasteiger partial charge in [0.1, 0.15) is 0 Å². The maximum absolute atomic E-state index is 11.6. The predicted octanol–water partition coefficient (Wildman–Crippen LogP) is 4.42. The first-order valence-corrected chi connectivity index (χ1v) is 14.0. The van der Waals surface area contributed by atoms with Crippen molar-refractivity contribution in [2.45, 2.75) is 0 Å². The summed E-state index contributed by atoms with van der Waals surface area (Å²) in [7, 11) is 0. The number of hydrogen-bond donors (Lipinski definition) is 0. The number of hydrogen-bond acceptors (Lipinski definition) is 1. The van der Waals surface area contributed by atoms with Crippen molar-refractivity contribution in [2.75, 3.05) is 0 Å². The van der Waals surface area contributed by atoms with E-state index in [0.717, 1.165) is 15.9 Å². The molecule has 104 valence electrons. The zero-order valence-corrected chi connectivity index (χ0v) is 12.5. The van der Waals surface area contributed by atoms with Gasteiger partial charge in [0, 0.05) is 0 Å². The van der Waals surface area contributed by atoms with Crippen LogP contribution < -0.4 is 0 Å². The van der Waals surface area contributed by atoms with Gasteiger partial charge < -0.3 is 0 Å². The van der Waals surface area contributed by atoms with Crippen LogP contribution >= 0.6 is 15.9 Å². The van der Waals surface area contributed by atoms with Gasteiger partial charge in [-0.1, -0.05) is 0 Å². The molecule has 0 aliphatic carbocycles. The second-order valence-electron chi connectivity index (χ2n) is 2.20. The Hall–Kier alpha value is 0.829. The second kappa shape index (κ2) is 2.71. The first-order chi connectivity index (χ1) is 6.05. The third-order valence-electron chi connectivity index (χ3n) is 0.446. The fraction of sp³-hybridized carbons (Fsp3) is 0. The van der Waals surface area contributed by atoms with Gasteiger partial charge in [0.25, 0.3) is 0 Å². The average Bonchev–Trinajstić information content (AvgIpc) is 1.35. The van der Waals surface area contributed by atoms with Crippen LogP contribution in [0.4, 0.5) is 31.7 Å². The van der Waals surface area contributed by atoms with Crippen molar-refractivity contribution in [1.29, 1.82) is 0 Å². The van der Waals surface area contributed by atoms with Gasteiger partial charge in [-0.15, -0.1) is 0 Å². The zero-order chi connectivity index (χ0) is 13.8. The van der Waals surface area contributed by atoms with Crippen LogP contribution in [-0.4, -0.2) is 42.3 Å². The van der Waals surface area contributed by atoms with Gasteiger partial charge in [0.15, 0.2) is 0 Å². The van der Waals surface area contributed by atoms with Crippen LogP contribution in [0.5, 0.6) is 0 Å². The van der Waals surface area contributed by atoms with Crippen molar-refractivity contribution in [1.82, 2.24) is 0 Å². The molecule has 0 unspecified atom stereocenters. The minimum absolute atomic E-state index is 1.06. The molecule has 0 aromatic heterocycles. The fourth-order valence-electron chi connectivity index (χ4n) is 0.262. The van der Waals surface area contributed by atoms with Gasteiger partial charge in [-0.05, 0) is 0 Å². The van der Waals surface area contributed by atoms with Crippen molar-refractivity contribution >= 4 is 58.2 Å². The predicted molar refractivity (Wildman–Crippen MR) is 38.0 cm³/mol. The Morgan fingerprint density at radius 3 is 1.31 bits per heavy atom. The average molecular weight is 569 g/mol. The van der Waals surface area contributed by atoms with Gasteiger partial charge >= 0.3 is 93.0 Å². The Kier molecular flexibility index (Phi) is 2.85. The molecule has 0 aromatic carbocycles. The Morgan fingerprint density at radius 2 is 1.12 bits per heavy atom. The summed E-state index contributed by atoms with van der Waals surface area (Å²) in [6.07, 6.45) is 0. The summed E-state index contributed by atoms with van der Waals surface area (Å²) < 4.78 is 117.